The van der Waals surface area contributed by atoms with E-state index >= 15 is 0 Å². The predicted octanol–water partition coefficient (Wildman–Crippen LogP) is 2.17. The zero-order valence-electron chi connectivity index (χ0n) is 11.5. The second-order valence-electron chi connectivity index (χ2n) is 4.37. The lowest BCUT2D eigenvalue weighted by Gasteiger charge is -2.03. The van der Waals surface area contributed by atoms with E-state index in [9.17, 15) is 4.79 Å². The summed E-state index contributed by atoms with van der Waals surface area (Å²) in [4.78, 5) is 15.5. The van der Waals surface area contributed by atoms with Crippen LogP contribution in [-0.2, 0) is 6.54 Å². The van der Waals surface area contributed by atoms with Crippen LogP contribution >= 0.6 is 11.3 Å². The topological polar surface area (TPSA) is 95.1 Å². The number of thiophene rings is 1. The maximum atomic E-state index is 11.6. The molecule has 0 fully saturated rings. The molecule has 0 aromatic carbocycles. The highest BCUT2D eigenvalue weighted by Gasteiger charge is 2.11. The quantitative estimate of drug-likeness (QED) is 0.700. The SMILES string of the molecule is O=C(NCCCn1cncn1)Oc1cc(-c2ccsc2)on1. The first kappa shape index (κ1) is 14.3. The molecule has 1 amide bonds. The monoisotopic (exact) mass is 319 g/mol. The highest BCUT2D eigenvalue weighted by Crippen LogP contribution is 2.25. The van der Waals surface area contributed by atoms with Crippen LogP contribution in [0.15, 0.2) is 40.1 Å². The van der Waals surface area contributed by atoms with Crippen molar-refractivity contribution in [1.82, 2.24) is 25.2 Å². The Bertz CT molecular complexity index is 708. The number of nitrogens with one attached hydrogen (secondary N) is 1. The average Bonchev–Trinajstić information content (AvgIpc) is 3.24. The van der Waals surface area contributed by atoms with E-state index in [2.05, 4.69) is 20.6 Å². The summed E-state index contributed by atoms with van der Waals surface area (Å²) >= 11 is 1.55. The number of carbonyl (C=O) groups is 1. The Balaban J connectivity index is 1.42. The Morgan fingerprint density at radius 1 is 1.50 bits per heavy atom. The molecule has 1 N–H and O–H groups in total. The molecule has 9 heteroatoms. The first-order chi connectivity index (χ1) is 10.8. The summed E-state index contributed by atoms with van der Waals surface area (Å²) in [5.41, 5.74) is 0.903. The van der Waals surface area contributed by atoms with E-state index in [4.69, 9.17) is 9.26 Å². The number of aromatic nitrogens is 4. The third kappa shape index (κ3) is 3.70. The van der Waals surface area contributed by atoms with Crippen LogP contribution in [0.1, 0.15) is 6.42 Å². The van der Waals surface area contributed by atoms with Gasteiger partial charge in [-0.2, -0.15) is 16.4 Å². The van der Waals surface area contributed by atoms with E-state index in [1.165, 1.54) is 6.33 Å². The number of carbonyl (C=O) groups excluding carboxylic acids is 1. The first-order valence-electron chi connectivity index (χ1n) is 6.58. The molecule has 114 valence electrons. The van der Waals surface area contributed by atoms with Gasteiger partial charge in [-0.05, 0) is 23.0 Å². The van der Waals surface area contributed by atoms with Crippen LogP contribution in [-0.4, -0.2) is 32.6 Å². The third-order valence-corrected chi connectivity index (χ3v) is 3.47. The number of ether oxygens (including phenoxy) is 1. The molecular weight excluding hydrogens is 306 g/mol. The van der Waals surface area contributed by atoms with Gasteiger partial charge in [0.2, 0.25) is 0 Å². The fraction of sp³-hybridized carbons (Fsp3) is 0.231. The van der Waals surface area contributed by atoms with Crippen LogP contribution in [0.3, 0.4) is 0 Å². The smallest absolute Gasteiger partial charge is 0.388 e. The maximum Gasteiger partial charge on any atom is 0.414 e. The summed E-state index contributed by atoms with van der Waals surface area (Å²) in [5.74, 6) is 0.699. The van der Waals surface area contributed by atoms with Crippen LogP contribution in [0, 0.1) is 0 Å². The molecule has 0 saturated heterocycles. The number of rotatable bonds is 6. The molecule has 0 saturated carbocycles. The van der Waals surface area contributed by atoms with Gasteiger partial charge in [-0.25, -0.2) is 9.78 Å². The molecule has 0 aliphatic carbocycles. The normalized spacial score (nSPS) is 10.5. The van der Waals surface area contributed by atoms with Crippen LogP contribution < -0.4 is 10.1 Å². The van der Waals surface area contributed by atoms with Crippen LogP contribution in [0.25, 0.3) is 11.3 Å². The van der Waals surface area contributed by atoms with Gasteiger partial charge in [-0.15, -0.1) is 0 Å². The summed E-state index contributed by atoms with van der Waals surface area (Å²) in [5, 5.41) is 14.2. The molecule has 0 spiro atoms. The van der Waals surface area contributed by atoms with Crippen molar-refractivity contribution in [3.63, 3.8) is 0 Å². The minimum Gasteiger partial charge on any atom is -0.388 e. The summed E-state index contributed by atoms with van der Waals surface area (Å²) in [7, 11) is 0. The largest absolute Gasteiger partial charge is 0.414 e. The third-order valence-electron chi connectivity index (χ3n) is 2.79. The van der Waals surface area contributed by atoms with Crippen molar-refractivity contribution in [2.45, 2.75) is 13.0 Å². The van der Waals surface area contributed by atoms with Crippen molar-refractivity contribution in [3.8, 4) is 17.2 Å². The average molecular weight is 319 g/mol. The number of amides is 1. The molecule has 0 aliphatic rings. The van der Waals surface area contributed by atoms with Crippen molar-refractivity contribution in [2.75, 3.05) is 6.54 Å². The minimum absolute atomic E-state index is 0.134. The molecule has 3 aromatic rings. The predicted molar refractivity (Wildman–Crippen MR) is 78.5 cm³/mol. The fourth-order valence-electron chi connectivity index (χ4n) is 1.76. The van der Waals surface area contributed by atoms with Crippen molar-refractivity contribution in [1.29, 1.82) is 0 Å². The van der Waals surface area contributed by atoms with Gasteiger partial charge in [-0.1, -0.05) is 0 Å². The molecule has 22 heavy (non-hydrogen) atoms. The van der Waals surface area contributed by atoms with Gasteiger partial charge < -0.3 is 14.6 Å². The molecule has 0 atom stereocenters. The van der Waals surface area contributed by atoms with E-state index < -0.39 is 6.09 Å². The molecular formula is C13H13N5O3S. The second-order valence-corrected chi connectivity index (χ2v) is 5.15. The van der Waals surface area contributed by atoms with Crippen molar-refractivity contribution in [3.05, 3.63) is 35.5 Å². The second kappa shape index (κ2) is 6.85. The van der Waals surface area contributed by atoms with E-state index in [0.717, 1.165) is 12.0 Å². The van der Waals surface area contributed by atoms with Gasteiger partial charge in [0.1, 0.15) is 12.7 Å². The molecule has 0 radical (unpaired) electrons. The molecule has 3 heterocycles. The first-order valence-corrected chi connectivity index (χ1v) is 7.53. The standard InChI is InChI=1S/C13H13N5O3S/c19-13(15-3-1-4-18-9-14-8-16-18)20-12-6-11(21-17-12)10-2-5-22-7-10/h2,5-9H,1,3-4H2,(H,15,19). The van der Waals surface area contributed by atoms with Crippen molar-refractivity contribution >= 4 is 17.4 Å². The molecule has 3 rings (SSSR count). The number of aryl methyl sites for hydroxylation is 1. The van der Waals surface area contributed by atoms with E-state index in [1.807, 2.05) is 16.8 Å². The zero-order chi connectivity index (χ0) is 15.2. The molecule has 0 unspecified atom stereocenters. The van der Waals surface area contributed by atoms with E-state index in [-0.39, 0.29) is 5.88 Å². The van der Waals surface area contributed by atoms with Gasteiger partial charge in [-0.3, -0.25) is 4.68 Å². The molecule has 0 bridgehead atoms. The summed E-state index contributed by atoms with van der Waals surface area (Å²) in [6.45, 7) is 1.14. The Morgan fingerprint density at radius 2 is 2.45 bits per heavy atom. The van der Waals surface area contributed by atoms with Gasteiger partial charge in [0, 0.05) is 24.0 Å². The van der Waals surface area contributed by atoms with Crippen LogP contribution in [0.2, 0.25) is 0 Å². The summed E-state index contributed by atoms with van der Waals surface area (Å²) in [6.07, 6.45) is 3.25. The maximum absolute atomic E-state index is 11.6. The number of hydrogen-bond donors (Lipinski definition) is 1. The Labute approximate surface area is 129 Å². The summed E-state index contributed by atoms with van der Waals surface area (Å²) < 4.78 is 11.9. The highest BCUT2D eigenvalue weighted by molar-refractivity contribution is 7.08. The Morgan fingerprint density at radius 3 is 3.23 bits per heavy atom. The lowest BCUT2D eigenvalue weighted by Crippen LogP contribution is -2.28. The van der Waals surface area contributed by atoms with Crippen LogP contribution in [0.4, 0.5) is 4.79 Å². The van der Waals surface area contributed by atoms with Gasteiger partial charge in [0.15, 0.2) is 5.76 Å². The number of hydrogen-bond acceptors (Lipinski definition) is 7. The Kier molecular flexibility index (Phi) is 4.44. The molecule has 3 aromatic heterocycles. The van der Waals surface area contributed by atoms with Gasteiger partial charge in [0.05, 0.1) is 6.07 Å². The zero-order valence-corrected chi connectivity index (χ0v) is 12.3. The Hall–Kier alpha value is -2.68. The van der Waals surface area contributed by atoms with Gasteiger partial charge >= 0.3 is 6.09 Å². The van der Waals surface area contributed by atoms with E-state index in [0.29, 0.717) is 18.8 Å². The fourth-order valence-corrected chi connectivity index (χ4v) is 2.40. The van der Waals surface area contributed by atoms with Crippen molar-refractivity contribution in [2.24, 2.45) is 0 Å². The molecule has 8 nitrogen and oxygen atoms in total. The van der Waals surface area contributed by atoms with E-state index in [1.54, 1.807) is 28.4 Å². The van der Waals surface area contributed by atoms with Gasteiger partial charge in [0.25, 0.3) is 5.88 Å². The highest BCUT2D eigenvalue weighted by atomic mass is 32.1. The van der Waals surface area contributed by atoms with Crippen molar-refractivity contribution < 1.29 is 14.1 Å². The molecule has 0 aliphatic heterocycles. The lowest BCUT2D eigenvalue weighted by atomic mass is 10.3. The van der Waals surface area contributed by atoms with Crippen LogP contribution in [0.5, 0.6) is 5.88 Å². The lowest BCUT2D eigenvalue weighted by molar-refractivity contribution is 0.195. The number of nitrogens with zero attached hydrogens (tertiary/aromatic N) is 4. The summed E-state index contributed by atoms with van der Waals surface area (Å²) in [6, 6.07) is 3.48. The minimum atomic E-state index is -0.566.